The van der Waals surface area contributed by atoms with E-state index in [1.165, 1.54) is 0 Å². The molecule has 0 fully saturated rings. The quantitative estimate of drug-likeness (QED) is 0.667. The number of halogens is 2. The van der Waals surface area contributed by atoms with Gasteiger partial charge in [-0.25, -0.2) is 4.98 Å². The van der Waals surface area contributed by atoms with E-state index in [1.807, 2.05) is 12.1 Å². The molecule has 19 heavy (non-hydrogen) atoms. The molecular formula is C13H7Cl2N3O. The van der Waals surface area contributed by atoms with Crippen LogP contribution in [0.3, 0.4) is 0 Å². The fraction of sp³-hybridized carbons (Fsp3) is 0. The molecule has 0 radical (unpaired) electrons. The van der Waals surface area contributed by atoms with E-state index in [-0.39, 0.29) is 0 Å². The third-order valence-corrected chi connectivity index (χ3v) is 2.94. The summed E-state index contributed by atoms with van der Waals surface area (Å²) >= 11 is 11.7. The molecule has 6 heteroatoms. The zero-order chi connectivity index (χ0) is 13.2. The number of rotatable bonds is 2. The summed E-state index contributed by atoms with van der Waals surface area (Å²) in [4.78, 5) is 8.27. The van der Waals surface area contributed by atoms with Gasteiger partial charge in [-0.2, -0.15) is 4.98 Å². The summed E-state index contributed by atoms with van der Waals surface area (Å²) < 4.78 is 5.20. The summed E-state index contributed by atoms with van der Waals surface area (Å²) in [7, 11) is 0. The van der Waals surface area contributed by atoms with E-state index in [4.69, 9.17) is 27.7 Å². The van der Waals surface area contributed by atoms with Crippen LogP contribution in [0, 0.1) is 0 Å². The van der Waals surface area contributed by atoms with E-state index in [1.54, 1.807) is 30.5 Å². The molecule has 2 aromatic heterocycles. The number of hydrogen-bond donors (Lipinski definition) is 0. The van der Waals surface area contributed by atoms with Crippen LogP contribution in [0.1, 0.15) is 0 Å². The Morgan fingerprint density at radius 1 is 1.00 bits per heavy atom. The second-order valence-electron chi connectivity index (χ2n) is 3.80. The predicted octanol–water partition coefficient (Wildman–Crippen LogP) is 4.11. The number of hydrogen-bond acceptors (Lipinski definition) is 4. The molecule has 0 saturated heterocycles. The maximum Gasteiger partial charge on any atom is 0.259 e. The molecule has 3 rings (SSSR count). The molecule has 4 nitrogen and oxygen atoms in total. The van der Waals surface area contributed by atoms with Gasteiger partial charge in [-0.3, -0.25) is 0 Å². The fourth-order valence-electron chi connectivity index (χ4n) is 1.59. The molecule has 0 saturated carbocycles. The highest BCUT2D eigenvalue weighted by atomic mass is 35.5. The highest BCUT2D eigenvalue weighted by Gasteiger charge is 2.11. The lowest BCUT2D eigenvalue weighted by atomic mass is 10.2. The maximum atomic E-state index is 5.93. The number of aromatic nitrogens is 3. The van der Waals surface area contributed by atoms with E-state index in [0.717, 1.165) is 5.56 Å². The van der Waals surface area contributed by atoms with Crippen LogP contribution in [-0.2, 0) is 0 Å². The smallest absolute Gasteiger partial charge is 0.259 e. The van der Waals surface area contributed by atoms with Gasteiger partial charge in [0.2, 0.25) is 5.82 Å². The summed E-state index contributed by atoms with van der Waals surface area (Å²) in [5, 5.41) is 4.96. The highest BCUT2D eigenvalue weighted by molar-refractivity contribution is 6.30. The first-order chi connectivity index (χ1) is 9.22. The zero-order valence-corrected chi connectivity index (χ0v) is 11.1. The predicted molar refractivity (Wildman–Crippen MR) is 73.0 cm³/mol. The minimum absolute atomic E-state index is 0.388. The topological polar surface area (TPSA) is 51.8 Å². The minimum Gasteiger partial charge on any atom is -0.334 e. The number of pyridine rings is 1. The molecule has 1 aromatic carbocycles. The molecule has 0 N–H and O–H groups in total. The number of benzene rings is 1. The molecule has 0 spiro atoms. The van der Waals surface area contributed by atoms with Crippen LogP contribution in [0.2, 0.25) is 10.2 Å². The lowest BCUT2D eigenvalue weighted by Gasteiger charge is -1.94. The average Bonchev–Trinajstić information content (AvgIpc) is 2.89. The molecule has 0 aliphatic carbocycles. The van der Waals surface area contributed by atoms with Gasteiger partial charge in [-0.05, 0) is 24.3 Å². The third kappa shape index (κ3) is 2.59. The normalized spacial score (nSPS) is 10.6. The van der Waals surface area contributed by atoms with Crippen LogP contribution in [0.25, 0.3) is 22.8 Å². The van der Waals surface area contributed by atoms with Crippen LogP contribution in [0.15, 0.2) is 47.1 Å². The first-order valence-electron chi connectivity index (χ1n) is 5.44. The van der Waals surface area contributed by atoms with Crippen molar-refractivity contribution in [1.29, 1.82) is 0 Å². The summed E-state index contributed by atoms with van der Waals surface area (Å²) in [6.45, 7) is 0. The van der Waals surface area contributed by atoms with Crippen molar-refractivity contribution in [3.8, 4) is 22.8 Å². The average molecular weight is 292 g/mol. The fourth-order valence-corrected chi connectivity index (χ4v) is 1.89. The van der Waals surface area contributed by atoms with Crippen LogP contribution in [-0.4, -0.2) is 15.1 Å². The van der Waals surface area contributed by atoms with Crippen molar-refractivity contribution in [1.82, 2.24) is 15.1 Å². The van der Waals surface area contributed by atoms with Gasteiger partial charge in [0.05, 0.1) is 5.56 Å². The van der Waals surface area contributed by atoms with Crippen molar-refractivity contribution in [3.05, 3.63) is 52.8 Å². The van der Waals surface area contributed by atoms with Crippen LogP contribution >= 0.6 is 23.2 Å². The second kappa shape index (κ2) is 4.99. The van der Waals surface area contributed by atoms with Gasteiger partial charge in [-0.15, -0.1) is 0 Å². The standard InChI is InChI=1S/C13H7Cl2N3O/c14-10-3-1-2-8(6-10)12-17-13(19-18-12)9-4-5-11(15)16-7-9/h1-7H. The van der Waals surface area contributed by atoms with Crippen molar-refractivity contribution in [2.45, 2.75) is 0 Å². The Morgan fingerprint density at radius 2 is 1.89 bits per heavy atom. The van der Waals surface area contributed by atoms with Gasteiger partial charge < -0.3 is 4.52 Å². The van der Waals surface area contributed by atoms with Crippen molar-refractivity contribution >= 4 is 23.2 Å². The minimum atomic E-state index is 0.388. The monoisotopic (exact) mass is 291 g/mol. The van der Waals surface area contributed by atoms with Crippen LogP contribution < -0.4 is 0 Å². The molecule has 0 unspecified atom stereocenters. The van der Waals surface area contributed by atoms with Gasteiger partial charge in [0, 0.05) is 16.8 Å². The maximum absolute atomic E-state index is 5.93. The molecular weight excluding hydrogens is 285 g/mol. The summed E-state index contributed by atoms with van der Waals surface area (Å²) in [5.74, 6) is 0.867. The Labute approximate surface area is 119 Å². The second-order valence-corrected chi connectivity index (χ2v) is 4.63. The van der Waals surface area contributed by atoms with Gasteiger partial charge in [0.15, 0.2) is 0 Å². The Balaban J connectivity index is 1.97. The van der Waals surface area contributed by atoms with Crippen LogP contribution in [0.4, 0.5) is 0 Å². The third-order valence-electron chi connectivity index (χ3n) is 2.48. The van der Waals surface area contributed by atoms with E-state index in [0.29, 0.717) is 27.5 Å². The Bertz CT molecular complexity index is 710. The van der Waals surface area contributed by atoms with E-state index >= 15 is 0 Å². The van der Waals surface area contributed by atoms with Gasteiger partial charge in [0.1, 0.15) is 5.15 Å². The van der Waals surface area contributed by atoms with Crippen molar-refractivity contribution < 1.29 is 4.52 Å². The first-order valence-corrected chi connectivity index (χ1v) is 6.19. The molecule has 0 aliphatic heterocycles. The van der Waals surface area contributed by atoms with E-state index in [9.17, 15) is 0 Å². The van der Waals surface area contributed by atoms with E-state index < -0.39 is 0 Å². The first kappa shape index (κ1) is 12.1. The summed E-state index contributed by atoms with van der Waals surface area (Å²) in [6, 6.07) is 10.7. The SMILES string of the molecule is Clc1cccc(-c2noc(-c3ccc(Cl)nc3)n2)c1. The summed E-state index contributed by atoms with van der Waals surface area (Å²) in [5.41, 5.74) is 1.51. The molecule has 0 atom stereocenters. The molecule has 3 aromatic rings. The lowest BCUT2D eigenvalue weighted by molar-refractivity contribution is 0.432. The molecule has 0 amide bonds. The lowest BCUT2D eigenvalue weighted by Crippen LogP contribution is -1.82. The largest absolute Gasteiger partial charge is 0.334 e. The summed E-state index contributed by atoms with van der Waals surface area (Å²) in [6.07, 6.45) is 1.58. The number of nitrogens with zero attached hydrogens (tertiary/aromatic N) is 3. The van der Waals surface area contributed by atoms with Crippen molar-refractivity contribution in [3.63, 3.8) is 0 Å². The zero-order valence-electron chi connectivity index (χ0n) is 9.55. The molecule has 0 aliphatic rings. The van der Waals surface area contributed by atoms with Crippen molar-refractivity contribution in [2.24, 2.45) is 0 Å². The van der Waals surface area contributed by atoms with Crippen LogP contribution in [0.5, 0.6) is 0 Å². The Morgan fingerprint density at radius 3 is 2.63 bits per heavy atom. The molecule has 2 heterocycles. The van der Waals surface area contributed by atoms with E-state index in [2.05, 4.69) is 15.1 Å². The highest BCUT2D eigenvalue weighted by Crippen LogP contribution is 2.24. The van der Waals surface area contributed by atoms with Gasteiger partial charge in [-0.1, -0.05) is 40.5 Å². The van der Waals surface area contributed by atoms with Gasteiger partial charge in [0.25, 0.3) is 5.89 Å². The van der Waals surface area contributed by atoms with Crippen molar-refractivity contribution in [2.75, 3.05) is 0 Å². The Hall–Kier alpha value is -1.91. The Kier molecular flexibility index (Phi) is 3.19. The molecule has 94 valence electrons. The molecule has 0 bridgehead atoms. The van der Waals surface area contributed by atoms with Gasteiger partial charge >= 0.3 is 0 Å².